The number of hydrogen-bond acceptors (Lipinski definition) is 4. The zero-order valence-corrected chi connectivity index (χ0v) is 11.7. The van der Waals surface area contributed by atoms with Gasteiger partial charge in [-0.1, -0.05) is 13.8 Å². The third-order valence-corrected chi connectivity index (χ3v) is 4.50. The molecule has 2 fully saturated rings. The highest BCUT2D eigenvalue weighted by molar-refractivity contribution is 5.77. The lowest BCUT2D eigenvalue weighted by Crippen LogP contribution is -2.47. The number of hydrogen-bond donors (Lipinski definition) is 0. The summed E-state index contributed by atoms with van der Waals surface area (Å²) in [5.41, 5.74) is -0.351. The molecular weight excluding hydrogens is 232 g/mol. The standard InChI is InChI=1S/C14H24O4/c1-4-16-12(15)13(11(2)3)5-7-14(8-6-13)17-9-10-18-14/h11H,4-10H2,1-3H3. The van der Waals surface area contributed by atoms with Gasteiger partial charge in [0.25, 0.3) is 0 Å². The van der Waals surface area contributed by atoms with Crippen LogP contribution >= 0.6 is 0 Å². The van der Waals surface area contributed by atoms with E-state index in [1.54, 1.807) is 0 Å². The molecule has 104 valence electrons. The van der Waals surface area contributed by atoms with Crippen LogP contribution < -0.4 is 0 Å². The van der Waals surface area contributed by atoms with Crippen LogP contribution in [0, 0.1) is 11.3 Å². The largest absolute Gasteiger partial charge is 0.466 e. The summed E-state index contributed by atoms with van der Waals surface area (Å²) in [7, 11) is 0. The lowest BCUT2D eigenvalue weighted by atomic mass is 9.65. The maximum Gasteiger partial charge on any atom is 0.312 e. The lowest BCUT2D eigenvalue weighted by Gasteiger charge is -2.44. The average Bonchev–Trinajstić information content (AvgIpc) is 2.79. The highest BCUT2D eigenvalue weighted by atomic mass is 16.7. The van der Waals surface area contributed by atoms with Gasteiger partial charge in [0.05, 0.1) is 25.2 Å². The molecule has 2 aliphatic rings. The van der Waals surface area contributed by atoms with Crippen molar-refractivity contribution < 1.29 is 19.0 Å². The summed E-state index contributed by atoms with van der Waals surface area (Å²) in [6.45, 7) is 7.86. The van der Waals surface area contributed by atoms with E-state index in [4.69, 9.17) is 14.2 Å². The Morgan fingerprint density at radius 1 is 1.17 bits per heavy atom. The van der Waals surface area contributed by atoms with Gasteiger partial charge < -0.3 is 14.2 Å². The van der Waals surface area contributed by atoms with Gasteiger partial charge in [0.2, 0.25) is 0 Å². The van der Waals surface area contributed by atoms with Gasteiger partial charge in [0, 0.05) is 12.8 Å². The van der Waals surface area contributed by atoms with E-state index in [1.807, 2.05) is 6.92 Å². The second kappa shape index (κ2) is 5.17. The van der Waals surface area contributed by atoms with Crippen LogP contribution in [0.25, 0.3) is 0 Å². The first-order chi connectivity index (χ1) is 8.55. The zero-order valence-electron chi connectivity index (χ0n) is 11.7. The predicted molar refractivity (Wildman–Crippen MR) is 67.0 cm³/mol. The normalized spacial score (nSPS) is 25.6. The molecule has 1 saturated heterocycles. The maximum absolute atomic E-state index is 12.3. The molecule has 2 rings (SSSR count). The summed E-state index contributed by atoms with van der Waals surface area (Å²) in [5, 5.41) is 0. The highest BCUT2D eigenvalue weighted by Gasteiger charge is 2.51. The minimum absolute atomic E-state index is 0.0483. The predicted octanol–water partition coefficient (Wildman–Crippen LogP) is 2.51. The Kier molecular flexibility index (Phi) is 3.97. The van der Waals surface area contributed by atoms with Gasteiger partial charge in [-0.25, -0.2) is 0 Å². The van der Waals surface area contributed by atoms with E-state index < -0.39 is 5.79 Å². The summed E-state index contributed by atoms with van der Waals surface area (Å²) in [6, 6.07) is 0. The molecule has 4 heteroatoms. The third kappa shape index (κ3) is 2.28. The molecule has 0 bridgehead atoms. The van der Waals surface area contributed by atoms with Crippen molar-refractivity contribution >= 4 is 5.97 Å². The molecule has 1 spiro atoms. The number of carbonyl (C=O) groups excluding carboxylic acids is 1. The first-order valence-electron chi connectivity index (χ1n) is 7.00. The molecule has 18 heavy (non-hydrogen) atoms. The smallest absolute Gasteiger partial charge is 0.312 e. The number of rotatable bonds is 3. The fourth-order valence-electron chi connectivity index (χ4n) is 3.15. The van der Waals surface area contributed by atoms with Crippen molar-refractivity contribution in [3.63, 3.8) is 0 Å². The first kappa shape index (κ1) is 13.8. The van der Waals surface area contributed by atoms with Crippen LogP contribution in [0.1, 0.15) is 46.5 Å². The Bertz CT molecular complexity index is 295. The monoisotopic (exact) mass is 256 g/mol. The Balaban J connectivity index is 2.08. The molecule has 0 aromatic rings. The topological polar surface area (TPSA) is 44.8 Å². The van der Waals surface area contributed by atoms with Gasteiger partial charge in [0.1, 0.15) is 0 Å². The molecule has 1 aliphatic carbocycles. The molecule has 1 aliphatic heterocycles. The molecule has 4 nitrogen and oxygen atoms in total. The molecular formula is C14H24O4. The van der Waals surface area contributed by atoms with Gasteiger partial charge in [0.15, 0.2) is 5.79 Å². The van der Waals surface area contributed by atoms with Gasteiger partial charge >= 0.3 is 5.97 Å². The van der Waals surface area contributed by atoms with E-state index in [0.29, 0.717) is 19.8 Å². The summed E-state index contributed by atoms with van der Waals surface area (Å²) in [4.78, 5) is 12.3. The maximum atomic E-state index is 12.3. The molecule has 0 N–H and O–H groups in total. The van der Waals surface area contributed by atoms with Crippen molar-refractivity contribution in [3.05, 3.63) is 0 Å². The van der Waals surface area contributed by atoms with E-state index >= 15 is 0 Å². The summed E-state index contributed by atoms with van der Waals surface area (Å²) >= 11 is 0. The van der Waals surface area contributed by atoms with Crippen molar-refractivity contribution in [1.29, 1.82) is 0 Å². The van der Waals surface area contributed by atoms with Crippen LogP contribution in [0.4, 0.5) is 0 Å². The number of esters is 1. The molecule has 0 unspecified atom stereocenters. The van der Waals surface area contributed by atoms with Crippen LogP contribution in [0.15, 0.2) is 0 Å². The second-order valence-electron chi connectivity index (χ2n) is 5.64. The Morgan fingerprint density at radius 3 is 2.17 bits per heavy atom. The fourth-order valence-corrected chi connectivity index (χ4v) is 3.15. The zero-order chi connectivity index (χ0) is 13.2. The van der Waals surface area contributed by atoms with E-state index in [1.165, 1.54) is 0 Å². The second-order valence-corrected chi connectivity index (χ2v) is 5.64. The highest BCUT2D eigenvalue weighted by Crippen LogP contribution is 2.49. The van der Waals surface area contributed by atoms with E-state index in [2.05, 4.69) is 13.8 Å². The fraction of sp³-hybridized carbons (Fsp3) is 0.929. The van der Waals surface area contributed by atoms with Crippen LogP contribution in [0.3, 0.4) is 0 Å². The molecule has 0 amide bonds. The van der Waals surface area contributed by atoms with Crippen molar-refractivity contribution in [2.75, 3.05) is 19.8 Å². The first-order valence-corrected chi connectivity index (χ1v) is 7.00. The third-order valence-electron chi connectivity index (χ3n) is 4.50. The average molecular weight is 256 g/mol. The summed E-state index contributed by atoms with van der Waals surface area (Å²) in [6.07, 6.45) is 3.18. The quantitative estimate of drug-likeness (QED) is 0.728. The molecule has 0 atom stereocenters. The van der Waals surface area contributed by atoms with Crippen LogP contribution in [-0.2, 0) is 19.0 Å². The van der Waals surface area contributed by atoms with Gasteiger partial charge in [-0.2, -0.15) is 0 Å². The summed E-state index contributed by atoms with van der Waals surface area (Å²) < 4.78 is 16.7. The van der Waals surface area contributed by atoms with Gasteiger partial charge in [-0.05, 0) is 25.7 Å². The van der Waals surface area contributed by atoms with E-state index in [0.717, 1.165) is 25.7 Å². The van der Waals surface area contributed by atoms with E-state index in [-0.39, 0.29) is 17.3 Å². The molecule has 1 heterocycles. The SMILES string of the molecule is CCOC(=O)C1(C(C)C)CCC2(CC1)OCCO2. The van der Waals surface area contributed by atoms with Gasteiger partial charge in [-0.3, -0.25) is 4.79 Å². The Hall–Kier alpha value is -0.610. The van der Waals surface area contributed by atoms with Crippen molar-refractivity contribution in [2.24, 2.45) is 11.3 Å². The number of ether oxygens (including phenoxy) is 3. The van der Waals surface area contributed by atoms with Crippen molar-refractivity contribution in [2.45, 2.75) is 52.2 Å². The Morgan fingerprint density at radius 2 is 1.72 bits per heavy atom. The van der Waals surface area contributed by atoms with Crippen molar-refractivity contribution in [3.8, 4) is 0 Å². The lowest BCUT2D eigenvalue weighted by molar-refractivity contribution is -0.203. The molecule has 1 saturated carbocycles. The Labute approximate surface area is 109 Å². The molecule has 0 aromatic carbocycles. The number of carbonyl (C=O) groups is 1. The summed E-state index contributed by atoms with van der Waals surface area (Å²) in [5.74, 6) is -0.173. The molecule has 0 radical (unpaired) electrons. The minimum Gasteiger partial charge on any atom is -0.466 e. The van der Waals surface area contributed by atoms with E-state index in [9.17, 15) is 4.79 Å². The van der Waals surface area contributed by atoms with Crippen LogP contribution in [0.2, 0.25) is 0 Å². The van der Waals surface area contributed by atoms with Gasteiger partial charge in [-0.15, -0.1) is 0 Å². The van der Waals surface area contributed by atoms with Crippen LogP contribution in [-0.4, -0.2) is 31.6 Å². The van der Waals surface area contributed by atoms with Crippen LogP contribution in [0.5, 0.6) is 0 Å². The minimum atomic E-state index is -0.412. The van der Waals surface area contributed by atoms with Crippen molar-refractivity contribution in [1.82, 2.24) is 0 Å². The molecule has 0 aromatic heterocycles.